The third kappa shape index (κ3) is 8.21. The van der Waals surface area contributed by atoms with Crippen LogP contribution in [0.3, 0.4) is 0 Å². The molecule has 0 radical (unpaired) electrons. The second-order valence-electron chi connectivity index (χ2n) is 3.78. The van der Waals surface area contributed by atoms with Crippen LogP contribution in [0.15, 0.2) is 0 Å². The van der Waals surface area contributed by atoms with Crippen molar-refractivity contribution < 1.29 is 13.2 Å². The van der Waals surface area contributed by atoms with Crippen LogP contribution in [0.4, 0.5) is 0 Å². The molecule has 0 atom stereocenters. The first-order valence-electron chi connectivity index (χ1n) is 4.34. The predicted octanol–water partition coefficient (Wildman–Crippen LogP) is 0.175. The lowest BCUT2D eigenvalue weighted by molar-refractivity contribution is 0.109. The molecule has 4 nitrogen and oxygen atoms in total. The van der Waals surface area contributed by atoms with E-state index in [9.17, 15) is 8.42 Å². The van der Waals surface area contributed by atoms with Gasteiger partial charge < -0.3 is 10.5 Å². The molecule has 0 aliphatic carbocycles. The summed E-state index contributed by atoms with van der Waals surface area (Å²) in [4.78, 5) is 0. The number of hydrogen-bond acceptors (Lipinski definition) is 4. The molecule has 0 spiro atoms. The van der Waals surface area contributed by atoms with Crippen LogP contribution in [-0.4, -0.2) is 38.7 Å². The van der Waals surface area contributed by atoms with Gasteiger partial charge in [0.15, 0.2) is 9.84 Å². The largest absolute Gasteiger partial charge is 0.379 e. The van der Waals surface area contributed by atoms with E-state index in [0.717, 1.165) is 0 Å². The number of hydrogen-bond donors (Lipinski definition) is 1. The van der Waals surface area contributed by atoms with E-state index in [-0.39, 0.29) is 18.1 Å². The Balaban J connectivity index is 3.59. The van der Waals surface area contributed by atoms with Crippen LogP contribution >= 0.6 is 0 Å². The Labute approximate surface area is 80.4 Å². The summed E-state index contributed by atoms with van der Waals surface area (Å²) >= 11 is 0. The summed E-state index contributed by atoms with van der Waals surface area (Å²) < 4.78 is 27.2. The van der Waals surface area contributed by atoms with Gasteiger partial charge in [-0.05, 0) is 13.8 Å². The zero-order valence-corrected chi connectivity index (χ0v) is 9.36. The van der Waals surface area contributed by atoms with E-state index in [1.54, 1.807) is 6.92 Å². The van der Waals surface area contributed by atoms with E-state index in [0.29, 0.717) is 6.61 Å². The third-order valence-electron chi connectivity index (χ3n) is 1.45. The zero-order chi connectivity index (χ0) is 10.5. The Morgan fingerprint density at radius 3 is 2.31 bits per heavy atom. The highest BCUT2D eigenvalue weighted by Gasteiger charge is 2.12. The minimum Gasteiger partial charge on any atom is -0.379 e. The average Bonchev–Trinajstić information content (AvgIpc) is 1.97. The van der Waals surface area contributed by atoms with Gasteiger partial charge in [0.05, 0.1) is 19.0 Å². The van der Waals surface area contributed by atoms with E-state index in [2.05, 4.69) is 0 Å². The minimum absolute atomic E-state index is 0.0829. The Morgan fingerprint density at radius 2 is 1.92 bits per heavy atom. The Kier molecular flexibility index (Phi) is 4.88. The third-order valence-corrected chi connectivity index (χ3v) is 3.12. The van der Waals surface area contributed by atoms with Crippen LogP contribution in [-0.2, 0) is 14.6 Å². The molecule has 0 rings (SSSR count). The van der Waals surface area contributed by atoms with Crippen LogP contribution in [0.1, 0.15) is 20.8 Å². The van der Waals surface area contributed by atoms with Gasteiger partial charge in [-0.25, -0.2) is 8.42 Å². The monoisotopic (exact) mass is 209 g/mol. The van der Waals surface area contributed by atoms with Crippen molar-refractivity contribution in [2.45, 2.75) is 26.3 Å². The summed E-state index contributed by atoms with van der Waals surface area (Å²) in [6, 6.07) is 0. The van der Waals surface area contributed by atoms with Crippen molar-refractivity contribution in [3.63, 3.8) is 0 Å². The van der Waals surface area contributed by atoms with E-state index < -0.39 is 15.4 Å². The van der Waals surface area contributed by atoms with Crippen molar-refractivity contribution in [2.75, 3.05) is 24.7 Å². The summed E-state index contributed by atoms with van der Waals surface area (Å²) in [5.41, 5.74) is 5.25. The Bertz CT molecular complexity index is 228. The van der Waals surface area contributed by atoms with Gasteiger partial charge in [0.2, 0.25) is 0 Å². The van der Waals surface area contributed by atoms with Gasteiger partial charge in [-0.1, -0.05) is 6.92 Å². The van der Waals surface area contributed by atoms with Crippen LogP contribution in [0, 0.1) is 0 Å². The van der Waals surface area contributed by atoms with E-state index in [1.165, 1.54) is 0 Å². The Hall–Kier alpha value is -0.130. The quantitative estimate of drug-likeness (QED) is 0.633. The van der Waals surface area contributed by atoms with Crippen LogP contribution < -0.4 is 5.73 Å². The van der Waals surface area contributed by atoms with Gasteiger partial charge >= 0.3 is 0 Å². The van der Waals surface area contributed by atoms with Crippen LogP contribution in [0.5, 0.6) is 0 Å². The normalized spacial score (nSPS) is 13.2. The van der Waals surface area contributed by atoms with Gasteiger partial charge in [-0.3, -0.25) is 0 Å². The minimum atomic E-state index is -2.90. The molecule has 0 unspecified atom stereocenters. The molecule has 0 aromatic carbocycles. The lowest BCUT2D eigenvalue weighted by Gasteiger charge is -2.17. The summed E-state index contributed by atoms with van der Waals surface area (Å²) in [5, 5.41) is 0. The molecule has 80 valence electrons. The van der Waals surface area contributed by atoms with Crippen molar-refractivity contribution in [3.8, 4) is 0 Å². The molecule has 2 N–H and O–H groups in total. The molecule has 0 aliphatic rings. The molecule has 0 aromatic heterocycles. The second-order valence-corrected chi connectivity index (χ2v) is 6.25. The van der Waals surface area contributed by atoms with E-state index in [1.807, 2.05) is 13.8 Å². The van der Waals surface area contributed by atoms with Crippen molar-refractivity contribution >= 4 is 9.84 Å². The molecule has 13 heavy (non-hydrogen) atoms. The number of ether oxygens (including phenoxy) is 1. The summed E-state index contributed by atoms with van der Waals surface area (Å²) in [7, 11) is -2.90. The number of rotatable bonds is 6. The molecule has 0 heterocycles. The maximum Gasteiger partial charge on any atom is 0.152 e. The van der Waals surface area contributed by atoms with E-state index in [4.69, 9.17) is 10.5 Å². The molecule has 5 heteroatoms. The van der Waals surface area contributed by atoms with Crippen molar-refractivity contribution in [3.05, 3.63) is 0 Å². The number of sulfone groups is 1. The first-order valence-corrected chi connectivity index (χ1v) is 6.16. The average molecular weight is 209 g/mol. The fraction of sp³-hybridized carbons (Fsp3) is 1.00. The van der Waals surface area contributed by atoms with Gasteiger partial charge in [0, 0.05) is 11.3 Å². The molecule has 0 saturated heterocycles. The molecule has 0 fully saturated rings. The lowest BCUT2D eigenvalue weighted by Crippen LogP contribution is -2.38. The smallest absolute Gasteiger partial charge is 0.152 e. The Morgan fingerprint density at radius 1 is 1.38 bits per heavy atom. The first-order chi connectivity index (χ1) is 5.77. The van der Waals surface area contributed by atoms with Crippen LogP contribution in [0.2, 0.25) is 0 Å². The molecule has 0 bridgehead atoms. The number of nitrogens with two attached hydrogens (primary N) is 1. The van der Waals surface area contributed by atoms with Gasteiger partial charge in [0.25, 0.3) is 0 Å². The highest BCUT2D eigenvalue weighted by molar-refractivity contribution is 7.91. The molecule has 0 amide bonds. The highest BCUT2D eigenvalue weighted by Crippen LogP contribution is 1.97. The molecular formula is C8H19NO3S. The fourth-order valence-electron chi connectivity index (χ4n) is 0.665. The van der Waals surface area contributed by atoms with Crippen molar-refractivity contribution in [1.29, 1.82) is 0 Å². The fourth-order valence-corrected chi connectivity index (χ4v) is 1.33. The predicted molar refractivity (Wildman–Crippen MR) is 53.4 cm³/mol. The molecule has 0 aromatic rings. The second kappa shape index (κ2) is 4.93. The summed E-state index contributed by atoms with van der Waals surface area (Å²) in [5.74, 6) is 0.252. The summed E-state index contributed by atoms with van der Waals surface area (Å²) in [6.07, 6.45) is 0. The lowest BCUT2D eigenvalue weighted by atomic mass is 10.1. The SMILES string of the molecule is CCS(=O)(=O)CCOCC(C)(C)N. The maximum absolute atomic E-state index is 11.0. The first kappa shape index (κ1) is 12.9. The highest BCUT2D eigenvalue weighted by atomic mass is 32.2. The molecular weight excluding hydrogens is 190 g/mol. The van der Waals surface area contributed by atoms with Crippen LogP contribution in [0.25, 0.3) is 0 Å². The topological polar surface area (TPSA) is 69.4 Å². The maximum atomic E-state index is 11.0. The van der Waals surface area contributed by atoms with E-state index >= 15 is 0 Å². The van der Waals surface area contributed by atoms with Crippen molar-refractivity contribution in [1.82, 2.24) is 0 Å². The van der Waals surface area contributed by atoms with Crippen molar-refractivity contribution in [2.24, 2.45) is 5.73 Å². The zero-order valence-electron chi connectivity index (χ0n) is 8.54. The van der Waals surface area contributed by atoms with Gasteiger partial charge in [0.1, 0.15) is 0 Å². The molecule has 0 aliphatic heterocycles. The van der Waals surface area contributed by atoms with Gasteiger partial charge in [-0.15, -0.1) is 0 Å². The summed E-state index contributed by atoms with van der Waals surface area (Å²) in [6.45, 7) is 5.91. The standard InChI is InChI=1S/C8H19NO3S/c1-4-13(10,11)6-5-12-7-8(2,3)9/h4-7,9H2,1-3H3. The molecule has 0 saturated carbocycles. The van der Waals surface area contributed by atoms with Gasteiger partial charge in [-0.2, -0.15) is 0 Å².